The SMILES string of the molecule is CCc1nn(C)c(CC(=O)C2CCC(N)C2)c1Br. The molecule has 1 saturated carbocycles. The number of hydrogen-bond acceptors (Lipinski definition) is 3. The minimum Gasteiger partial charge on any atom is -0.328 e. The largest absolute Gasteiger partial charge is 0.328 e. The fourth-order valence-corrected chi connectivity index (χ4v) is 3.39. The van der Waals surface area contributed by atoms with Crippen molar-refractivity contribution in [1.29, 1.82) is 0 Å². The first-order chi connectivity index (χ1) is 8.52. The minimum absolute atomic E-state index is 0.145. The highest BCUT2D eigenvalue weighted by Gasteiger charge is 2.28. The molecule has 1 aliphatic rings. The normalized spacial score (nSPS) is 23.6. The second-order valence-corrected chi connectivity index (χ2v) is 5.89. The van der Waals surface area contributed by atoms with Crippen molar-refractivity contribution in [3.8, 4) is 0 Å². The van der Waals surface area contributed by atoms with Gasteiger partial charge in [0.25, 0.3) is 0 Å². The Labute approximate surface area is 116 Å². The van der Waals surface area contributed by atoms with Crippen LogP contribution in [0.25, 0.3) is 0 Å². The van der Waals surface area contributed by atoms with Gasteiger partial charge >= 0.3 is 0 Å². The predicted octanol–water partition coefficient (Wildman–Crippen LogP) is 1.98. The van der Waals surface area contributed by atoms with E-state index < -0.39 is 0 Å². The van der Waals surface area contributed by atoms with Crippen molar-refractivity contribution in [3.63, 3.8) is 0 Å². The van der Waals surface area contributed by atoms with E-state index >= 15 is 0 Å². The third-order valence-electron chi connectivity index (χ3n) is 3.77. The highest BCUT2D eigenvalue weighted by molar-refractivity contribution is 9.10. The lowest BCUT2D eigenvalue weighted by atomic mass is 9.98. The van der Waals surface area contributed by atoms with E-state index in [0.29, 0.717) is 12.2 Å². The quantitative estimate of drug-likeness (QED) is 0.924. The number of halogens is 1. The molecule has 1 fully saturated rings. The highest BCUT2D eigenvalue weighted by Crippen LogP contribution is 2.28. The molecule has 1 aromatic heterocycles. The number of aryl methyl sites for hydroxylation is 2. The lowest BCUT2D eigenvalue weighted by Gasteiger charge is -2.09. The Hall–Kier alpha value is -0.680. The summed E-state index contributed by atoms with van der Waals surface area (Å²) in [5.74, 6) is 0.446. The van der Waals surface area contributed by atoms with Gasteiger partial charge in [-0.1, -0.05) is 6.92 Å². The fraction of sp³-hybridized carbons (Fsp3) is 0.692. The molecule has 0 radical (unpaired) electrons. The van der Waals surface area contributed by atoms with Gasteiger partial charge < -0.3 is 5.73 Å². The zero-order valence-electron chi connectivity index (χ0n) is 10.9. The van der Waals surface area contributed by atoms with E-state index in [1.807, 2.05) is 11.7 Å². The van der Waals surface area contributed by atoms with E-state index in [2.05, 4.69) is 28.0 Å². The van der Waals surface area contributed by atoms with Gasteiger partial charge in [0.2, 0.25) is 0 Å². The minimum atomic E-state index is 0.145. The summed E-state index contributed by atoms with van der Waals surface area (Å²) in [6, 6.07) is 0.208. The van der Waals surface area contributed by atoms with Crippen molar-refractivity contribution in [3.05, 3.63) is 15.9 Å². The number of nitrogens with two attached hydrogens (primary N) is 1. The van der Waals surface area contributed by atoms with Crippen molar-refractivity contribution >= 4 is 21.7 Å². The van der Waals surface area contributed by atoms with Crippen LogP contribution in [0.5, 0.6) is 0 Å². The van der Waals surface area contributed by atoms with Crippen molar-refractivity contribution in [2.75, 3.05) is 0 Å². The van der Waals surface area contributed by atoms with E-state index in [1.165, 1.54) is 0 Å². The average Bonchev–Trinajstić information content (AvgIpc) is 2.87. The molecule has 2 rings (SSSR count). The third-order valence-corrected chi connectivity index (χ3v) is 4.69. The van der Waals surface area contributed by atoms with Crippen molar-refractivity contribution < 1.29 is 4.79 Å². The van der Waals surface area contributed by atoms with Gasteiger partial charge in [-0.25, -0.2) is 0 Å². The molecule has 5 heteroatoms. The average molecular weight is 314 g/mol. The smallest absolute Gasteiger partial charge is 0.141 e. The molecule has 1 heterocycles. The zero-order valence-corrected chi connectivity index (χ0v) is 12.5. The summed E-state index contributed by atoms with van der Waals surface area (Å²) < 4.78 is 2.80. The van der Waals surface area contributed by atoms with E-state index in [-0.39, 0.29) is 12.0 Å². The molecule has 2 N–H and O–H groups in total. The van der Waals surface area contributed by atoms with Crippen LogP contribution in [0.15, 0.2) is 4.47 Å². The molecule has 0 amide bonds. The van der Waals surface area contributed by atoms with Crippen LogP contribution in [0.2, 0.25) is 0 Å². The van der Waals surface area contributed by atoms with Crippen LogP contribution in [0.3, 0.4) is 0 Å². The van der Waals surface area contributed by atoms with E-state index in [4.69, 9.17) is 5.73 Å². The fourth-order valence-electron chi connectivity index (χ4n) is 2.63. The molecule has 100 valence electrons. The number of aromatic nitrogens is 2. The molecular weight excluding hydrogens is 294 g/mol. The van der Waals surface area contributed by atoms with Crippen molar-refractivity contribution in [2.24, 2.45) is 18.7 Å². The number of carbonyl (C=O) groups excluding carboxylic acids is 1. The van der Waals surface area contributed by atoms with Crippen molar-refractivity contribution in [2.45, 2.75) is 45.1 Å². The molecule has 0 saturated heterocycles. The van der Waals surface area contributed by atoms with Gasteiger partial charge in [0, 0.05) is 25.4 Å². The van der Waals surface area contributed by atoms with Crippen LogP contribution >= 0.6 is 15.9 Å². The van der Waals surface area contributed by atoms with Gasteiger partial charge in [-0.15, -0.1) is 0 Å². The monoisotopic (exact) mass is 313 g/mol. The second kappa shape index (κ2) is 5.53. The Kier molecular flexibility index (Phi) is 4.22. The number of Topliss-reactive ketones (excluding diaryl/α,β-unsaturated/α-hetero) is 1. The van der Waals surface area contributed by atoms with Crippen LogP contribution in [-0.2, 0) is 24.7 Å². The van der Waals surface area contributed by atoms with Crippen molar-refractivity contribution in [1.82, 2.24) is 9.78 Å². The van der Waals surface area contributed by atoms with Crippen LogP contribution in [0.1, 0.15) is 37.6 Å². The Morgan fingerprint density at radius 2 is 2.28 bits per heavy atom. The Morgan fingerprint density at radius 3 is 2.78 bits per heavy atom. The number of hydrogen-bond donors (Lipinski definition) is 1. The maximum atomic E-state index is 12.2. The van der Waals surface area contributed by atoms with Gasteiger partial charge in [-0.3, -0.25) is 9.48 Å². The third kappa shape index (κ3) is 2.67. The van der Waals surface area contributed by atoms with Crippen LogP contribution in [0, 0.1) is 5.92 Å². The summed E-state index contributed by atoms with van der Waals surface area (Å²) in [5, 5.41) is 4.42. The number of nitrogens with zero attached hydrogens (tertiary/aromatic N) is 2. The maximum absolute atomic E-state index is 12.2. The Morgan fingerprint density at radius 1 is 1.56 bits per heavy atom. The van der Waals surface area contributed by atoms with Gasteiger partial charge in [0.05, 0.1) is 15.9 Å². The first-order valence-corrected chi connectivity index (χ1v) is 7.30. The summed E-state index contributed by atoms with van der Waals surface area (Å²) in [7, 11) is 1.90. The molecule has 1 aromatic rings. The molecule has 2 atom stereocenters. The molecule has 0 aromatic carbocycles. The molecular formula is C13H20BrN3O. The number of carbonyl (C=O) groups is 1. The maximum Gasteiger partial charge on any atom is 0.141 e. The topological polar surface area (TPSA) is 60.9 Å². The summed E-state index contributed by atoms with van der Waals surface area (Å²) in [6.45, 7) is 2.06. The first-order valence-electron chi connectivity index (χ1n) is 6.51. The molecule has 1 aliphatic carbocycles. The van der Waals surface area contributed by atoms with Gasteiger partial charge in [-0.05, 0) is 41.6 Å². The molecule has 4 nitrogen and oxygen atoms in total. The lowest BCUT2D eigenvalue weighted by Crippen LogP contribution is -2.20. The molecule has 0 bridgehead atoms. The highest BCUT2D eigenvalue weighted by atomic mass is 79.9. The number of ketones is 1. The summed E-state index contributed by atoms with van der Waals surface area (Å²) in [5.41, 5.74) is 7.86. The van der Waals surface area contributed by atoms with E-state index in [9.17, 15) is 4.79 Å². The summed E-state index contributed by atoms with van der Waals surface area (Å²) >= 11 is 3.55. The number of rotatable bonds is 4. The van der Waals surface area contributed by atoms with Gasteiger partial charge in [0.15, 0.2) is 0 Å². The Balaban J connectivity index is 2.09. The van der Waals surface area contributed by atoms with Crippen LogP contribution in [0.4, 0.5) is 0 Å². The summed E-state index contributed by atoms with van der Waals surface area (Å²) in [4.78, 5) is 12.2. The molecule has 18 heavy (non-hydrogen) atoms. The lowest BCUT2D eigenvalue weighted by molar-refractivity contribution is -0.122. The van der Waals surface area contributed by atoms with Crippen LogP contribution in [-0.4, -0.2) is 21.6 Å². The Bertz CT molecular complexity index is 455. The second-order valence-electron chi connectivity index (χ2n) is 5.10. The molecule has 0 aliphatic heterocycles. The van der Waals surface area contributed by atoms with E-state index in [0.717, 1.165) is 41.5 Å². The van der Waals surface area contributed by atoms with Gasteiger partial charge in [-0.2, -0.15) is 5.10 Å². The van der Waals surface area contributed by atoms with Gasteiger partial charge in [0.1, 0.15) is 5.78 Å². The standard InChI is InChI=1S/C13H20BrN3O/c1-3-10-13(14)11(17(2)16-10)7-12(18)8-4-5-9(15)6-8/h8-9H,3-7,15H2,1-2H3. The molecule has 0 spiro atoms. The zero-order chi connectivity index (χ0) is 13.3. The first kappa shape index (κ1) is 13.7. The molecule has 2 unspecified atom stereocenters. The van der Waals surface area contributed by atoms with Crippen LogP contribution < -0.4 is 5.73 Å². The predicted molar refractivity (Wildman–Crippen MR) is 74.3 cm³/mol. The van der Waals surface area contributed by atoms with E-state index in [1.54, 1.807) is 0 Å². The summed E-state index contributed by atoms with van der Waals surface area (Å²) in [6.07, 6.45) is 4.09.